The molecule has 0 aromatic heterocycles. The molecule has 0 amide bonds. The Hall–Kier alpha value is -1.59. The lowest BCUT2D eigenvalue weighted by atomic mass is 9.93. The molecule has 1 aromatic rings. The second kappa shape index (κ2) is 8.00. The van der Waals surface area contributed by atoms with Gasteiger partial charge in [0.2, 0.25) is 0 Å². The van der Waals surface area contributed by atoms with Gasteiger partial charge in [0.05, 0.1) is 7.11 Å². The Bertz CT molecular complexity index is 445. The molecule has 0 fully saturated rings. The molecule has 118 valence electrons. The molecule has 0 aliphatic carbocycles. The number of likely N-dealkylation sites (N-methyl/N-ethyl adjacent to an activating group) is 1. The van der Waals surface area contributed by atoms with E-state index in [1.165, 1.54) is 0 Å². The number of aryl methyl sites for hydroxylation is 1. The van der Waals surface area contributed by atoms with Gasteiger partial charge >= 0.3 is 5.97 Å². The standard InChI is InChI=1S/C16H26N2O3/c1-16(15(19)20,17-11-12-18(2)3)10-9-13-5-7-14(21-4)8-6-13/h5-8,17H,9-12H2,1-4H3,(H,19,20). The molecule has 0 aliphatic rings. The lowest BCUT2D eigenvalue weighted by Gasteiger charge is -2.27. The van der Waals surface area contributed by atoms with Gasteiger partial charge in [-0.25, -0.2) is 0 Å². The summed E-state index contributed by atoms with van der Waals surface area (Å²) in [5, 5.41) is 12.6. The van der Waals surface area contributed by atoms with Crippen LogP contribution in [0.2, 0.25) is 0 Å². The molecule has 5 heteroatoms. The minimum absolute atomic E-state index is 0.544. The van der Waals surface area contributed by atoms with Gasteiger partial charge in [-0.05, 0) is 51.6 Å². The molecule has 0 bridgehead atoms. The van der Waals surface area contributed by atoms with Crippen molar-refractivity contribution in [3.05, 3.63) is 29.8 Å². The Morgan fingerprint density at radius 2 is 1.95 bits per heavy atom. The highest BCUT2D eigenvalue weighted by atomic mass is 16.5. The van der Waals surface area contributed by atoms with Crippen LogP contribution in [0.1, 0.15) is 18.9 Å². The summed E-state index contributed by atoms with van der Waals surface area (Å²) < 4.78 is 5.12. The third kappa shape index (κ3) is 5.73. The first-order chi connectivity index (χ1) is 9.87. The number of carboxylic acids is 1. The molecule has 0 saturated heterocycles. The van der Waals surface area contributed by atoms with Gasteiger partial charge in [-0.1, -0.05) is 12.1 Å². The summed E-state index contributed by atoms with van der Waals surface area (Å²) >= 11 is 0. The molecule has 0 saturated carbocycles. The average Bonchev–Trinajstić information content (AvgIpc) is 2.45. The fraction of sp³-hybridized carbons (Fsp3) is 0.562. The highest BCUT2D eigenvalue weighted by Gasteiger charge is 2.31. The molecule has 1 atom stereocenters. The zero-order valence-electron chi connectivity index (χ0n) is 13.3. The molecular formula is C16H26N2O3. The maximum atomic E-state index is 11.5. The Balaban J connectivity index is 2.58. The van der Waals surface area contributed by atoms with Gasteiger partial charge in [0.15, 0.2) is 0 Å². The van der Waals surface area contributed by atoms with Gasteiger partial charge in [-0.2, -0.15) is 0 Å². The third-order valence-corrected chi connectivity index (χ3v) is 3.62. The van der Waals surface area contributed by atoms with E-state index < -0.39 is 11.5 Å². The summed E-state index contributed by atoms with van der Waals surface area (Å²) in [6.07, 6.45) is 1.25. The lowest BCUT2D eigenvalue weighted by Crippen LogP contribution is -2.51. The molecule has 0 spiro atoms. The van der Waals surface area contributed by atoms with E-state index in [-0.39, 0.29) is 0 Å². The first-order valence-electron chi connectivity index (χ1n) is 7.13. The molecule has 1 aromatic carbocycles. The Labute approximate surface area is 126 Å². The van der Waals surface area contributed by atoms with Gasteiger partial charge in [-0.3, -0.25) is 4.79 Å². The zero-order chi connectivity index (χ0) is 15.9. The number of hydrogen-bond donors (Lipinski definition) is 2. The van der Waals surface area contributed by atoms with Gasteiger partial charge in [-0.15, -0.1) is 0 Å². The zero-order valence-corrected chi connectivity index (χ0v) is 13.3. The molecule has 1 rings (SSSR count). The van der Waals surface area contributed by atoms with Crippen molar-refractivity contribution in [2.45, 2.75) is 25.3 Å². The Kier molecular flexibility index (Phi) is 6.65. The fourth-order valence-corrected chi connectivity index (χ4v) is 2.01. The maximum Gasteiger partial charge on any atom is 0.323 e. The van der Waals surface area contributed by atoms with E-state index in [9.17, 15) is 9.90 Å². The number of carboxylic acid groups (broad SMARTS) is 1. The van der Waals surface area contributed by atoms with E-state index in [0.29, 0.717) is 19.4 Å². The van der Waals surface area contributed by atoms with Gasteiger partial charge < -0.3 is 20.1 Å². The molecule has 0 aliphatic heterocycles. The monoisotopic (exact) mass is 294 g/mol. The minimum Gasteiger partial charge on any atom is -0.497 e. The maximum absolute atomic E-state index is 11.5. The second-order valence-electron chi connectivity index (χ2n) is 5.72. The van der Waals surface area contributed by atoms with Gasteiger partial charge in [0.25, 0.3) is 0 Å². The van der Waals surface area contributed by atoms with Crippen LogP contribution >= 0.6 is 0 Å². The number of nitrogens with zero attached hydrogens (tertiary/aromatic N) is 1. The van der Waals surface area contributed by atoms with E-state index in [0.717, 1.165) is 17.9 Å². The Morgan fingerprint density at radius 1 is 1.33 bits per heavy atom. The number of methoxy groups -OCH3 is 1. The van der Waals surface area contributed by atoms with E-state index in [1.807, 2.05) is 43.3 Å². The van der Waals surface area contributed by atoms with Crippen molar-refractivity contribution in [2.24, 2.45) is 0 Å². The van der Waals surface area contributed by atoms with E-state index in [2.05, 4.69) is 5.32 Å². The van der Waals surface area contributed by atoms with Crippen LogP contribution in [0.5, 0.6) is 5.75 Å². The lowest BCUT2D eigenvalue weighted by molar-refractivity contribution is -0.144. The van der Waals surface area contributed by atoms with Crippen LogP contribution in [0.3, 0.4) is 0 Å². The van der Waals surface area contributed by atoms with Gasteiger partial charge in [0.1, 0.15) is 11.3 Å². The van der Waals surface area contributed by atoms with Crippen molar-refractivity contribution >= 4 is 5.97 Å². The van der Waals surface area contributed by atoms with Crippen molar-refractivity contribution in [3.8, 4) is 5.75 Å². The van der Waals surface area contributed by atoms with Crippen LogP contribution in [0, 0.1) is 0 Å². The number of benzene rings is 1. The normalized spacial score (nSPS) is 14.0. The largest absolute Gasteiger partial charge is 0.497 e. The fourth-order valence-electron chi connectivity index (χ4n) is 2.01. The number of hydrogen-bond acceptors (Lipinski definition) is 4. The summed E-state index contributed by atoms with van der Waals surface area (Å²) in [5.41, 5.74) is 0.202. The smallest absolute Gasteiger partial charge is 0.323 e. The van der Waals surface area contributed by atoms with Gasteiger partial charge in [0, 0.05) is 13.1 Å². The van der Waals surface area contributed by atoms with E-state index in [1.54, 1.807) is 14.0 Å². The molecule has 0 radical (unpaired) electrons. The summed E-state index contributed by atoms with van der Waals surface area (Å²) in [5.74, 6) is -0.00128. The first-order valence-corrected chi connectivity index (χ1v) is 7.13. The number of ether oxygens (including phenoxy) is 1. The molecule has 5 nitrogen and oxygen atoms in total. The average molecular weight is 294 g/mol. The third-order valence-electron chi connectivity index (χ3n) is 3.62. The quantitative estimate of drug-likeness (QED) is 0.725. The SMILES string of the molecule is COc1ccc(CCC(C)(NCCN(C)C)C(=O)O)cc1. The molecule has 0 heterocycles. The van der Waals surface area contributed by atoms with Crippen molar-refractivity contribution in [3.63, 3.8) is 0 Å². The molecule has 21 heavy (non-hydrogen) atoms. The number of aliphatic carboxylic acids is 1. The van der Waals surface area contributed by atoms with Crippen LogP contribution in [0.25, 0.3) is 0 Å². The topological polar surface area (TPSA) is 61.8 Å². The van der Waals surface area contributed by atoms with Crippen LogP contribution in [0.4, 0.5) is 0 Å². The van der Waals surface area contributed by atoms with E-state index in [4.69, 9.17) is 4.74 Å². The molecule has 2 N–H and O–H groups in total. The summed E-state index contributed by atoms with van der Waals surface area (Å²) in [6.45, 7) is 3.21. The number of rotatable bonds is 9. The minimum atomic E-state index is -0.907. The predicted octanol–water partition coefficient (Wildman–Crippen LogP) is 1.62. The van der Waals surface area contributed by atoms with Crippen molar-refractivity contribution in [1.82, 2.24) is 10.2 Å². The van der Waals surface area contributed by atoms with Crippen LogP contribution in [-0.4, -0.2) is 55.8 Å². The van der Waals surface area contributed by atoms with E-state index >= 15 is 0 Å². The highest BCUT2D eigenvalue weighted by Crippen LogP contribution is 2.17. The number of carbonyl (C=O) groups is 1. The van der Waals surface area contributed by atoms with Crippen molar-refractivity contribution in [1.29, 1.82) is 0 Å². The molecular weight excluding hydrogens is 268 g/mol. The molecule has 1 unspecified atom stereocenters. The van der Waals surface area contributed by atoms with Crippen LogP contribution in [0.15, 0.2) is 24.3 Å². The highest BCUT2D eigenvalue weighted by molar-refractivity contribution is 5.78. The van der Waals surface area contributed by atoms with Crippen molar-refractivity contribution in [2.75, 3.05) is 34.3 Å². The summed E-state index contributed by atoms with van der Waals surface area (Å²) in [4.78, 5) is 13.5. The predicted molar refractivity (Wildman–Crippen MR) is 83.9 cm³/mol. The first kappa shape index (κ1) is 17.5. The summed E-state index contributed by atoms with van der Waals surface area (Å²) in [7, 11) is 5.57. The van der Waals surface area contributed by atoms with Crippen LogP contribution in [-0.2, 0) is 11.2 Å². The number of nitrogens with one attached hydrogen (secondary N) is 1. The Morgan fingerprint density at radius 3 is 2.43 bits per heavy atom. The van der Waals surface area contributed by atoms with Crippen molar-refractivity contribution < 1.29 is 14.6 Å². The summed E-state index contributed by atoms with van der Waals surface area (Å²) in [6, 6.07) is 7.74. The second-order valence-corrected chi connectivity index (χ2v) is 5.72. The van der Waals surface area contributed by atoms with Crippen LogP contribution < -0.4 is 10.1 Å².